The molecular formula is C16H23ClN2O3. The maximum atomic E-state index is 12.4. The molecule has 1 aromatic rings. The van der Waals surface area contributed by atoms with Gasteiger partial charge < -0.3 is 19.7 Å². The van der Waals surface area contributed by atoms with Gasteiger partial charge in [0.1, 0.15) is 6.61 Å². The number of halogens is 1. The van der Waals surface area contributed by atoms with E-state index >= 15 is 0 Å². The highest BCUT2D eigenvalue weighted by atomic mass is 35.5. The zero-order valence-corrected chi connectivity index (χ0v) is 13.6. The number of amides is 1. The highest BCUT2D eigenvalue weighted by Crippen LogP contribution is 2.31. The molecule has 1 amide bonds. The average molecular weight is 327 g/mol. The van der Waals surface area contributed by atoms with Gasteiger partial charge >= 0.3 is 0 Å². The van der Waals surface area contributed by atoms with Crippen LogP contribution in [0.4, 0.5) is 0 Å². The van der Waals surface area contributed by atoms with Crippen molar-refractivity contribution in [3.8, 4) is 11.5 Å². The summed E-state index contributed by atoms with van der Waals surface area (Å²) in [5.74, 6) is 1.68. The summed E-state index contributed by atoms with van der Waals surface area (Å²) in [5, 5.41) is 3.29. The van der Waals surface area contributed by atoms with Crippen LogP contribution in [0.15, 0.2) is 24.3 Å². The van der Waals surface area contributed by atoms with Gasteiger partial charge in [-0.2, -0.15) is 0 Å². The first-order chi connectivity index (χ1) is 10.2. The number of nitrogens with zero attached hydrogens (tertiary/aromatic N) is 1. The molecule has 6 heteroatoms. The van der Waals surface area contributed by atoms with Crippen LogP contribution in [0.5, 0.6) is 11.5 Å². The predicted molar refractivity (Wildman–Crippen MR) is 86.9 cm³/mol. The topological polar surface area (TPSA) is 50.8 Å². The summed E-state index contributed by atoms with van der Waals surface area (Å²) in [5.41, 5.74) is 0. The lowest BCUT2D eigenvalue weighted by atomic mass is 10.0. The average Bonchev–Trinajstić information content (AvgIpc) is 2.55. The third kappa shape index (κ3) is 3.84. The number of benzene rings is 1. The highest BCUT2D eigenvalue weighted by Gasteiger charge is 2.27. The lowest BCUT2D eigenvalue weighted by Gasteiger charge is -2.32. The number of rotatable bonds is 3. The van der Waals surface area contributed by atoms with Crippen LogP contribution >= 0.6 is 12.4 Å². The molecule has 1 N–H and O–H groups in total. The number of carbonyl (C=O) groups is 1. The number of nitrogens with one attached hydrogen (secondary N) is 1. The fourth-order valence-corrected chi connectivity index (χ4v) is 2.88. The Morgan fingerprint density at radius 3 is 2.82 bits per heavy atom. The Bertz CT molecular complexity index is 506. The minimum absolute atomic E-state index is 0. The van der Waals surface area contributed by atoms with Crippen molar-refractivity contribution in [3.63, 3.8) is 0 Å². The van der Waals surface area contributed by atoms with Crippen molar-refractivity contribution in [3.05, 3.63) is 24.3 Å². The molecule has 0 saturated carbocycles. The van der Waals surface area contributed by atoms with Crippen molar-refractivity contribution < 1.29 is 14.3 Å². The van der Waals surface area contributed by atoms with Crippen molar-refractivity contribution in [2.45, 2.75) is 31.4 Å². The van der Waals surface area contributed by atoms with E-state index in [0.29, 0.717) is 13.2 Å². The molecule has 2 aliphatic heterocycles. The van der Waals surface area contributed by atoms with Gasteiger partial charge in [-0.1, -0.05) is 18.6 Å². The number of ether oxygens (including phenoxy) is 2. The minimum atomic E-state index is -0.113. The third-order valence-corrected chi connectivity index (χ3v) is 4.03. The molecule has 1 unspecified atom stereocenters. The number of carbonyl (C=O) groups excluding carboxylic acids is 1. The van der Waals surface area contributed by atoms with Crippen LogP contribution in [0.1, 0.15) is 19.3 Å². The van der Waals surface area contributed by atoms with Crippen molar-refractivity contribution in [2.24, 2.45) is 0 Å². The quantitative estimate of drug-likeness (QED) is 0.921. The molecule has 0 bridgehead atoms. The number of hydrogen-bond donors (Lipinski definition) is 1. The normalized spacial score (nSPS) is 23.3. The number of para-hydroxylation sites is 2. The van der Waals surface area contributed by atoms with Gasteiger partial charge in [0, 0.05) is 7.05 Å². The van der Waals surface area contributed by atoms with Crippen molar-refractivity contribution in [2.75, 3.05) is 26.7 Å². The van der Waals surface area contributed by atoms with E-state index in [-0.39, 0.29) is 30.5 Å². The van der Waals surface area contributed by atoms with E-state index in [1.54, 1.807) is 4.90 Å². The van der Waals surface area contributed by atoms with Crippen LogP contribution in [0.2, 0.25) is 0 Å². The number of fused-ring (bicyclic) bond motifs is 1. The fourth-order valence-electron chi connectivity index (χ4n) is 2.88. The molecule has 0 spiro atoms. The second-order valence-electron chi connectivity index (χ2n) is 5.72. The Hall–Kier alpha value is -1.46. The van der Waals surface area contributed by atoms with E-state index in [2.05, 4.69) is 5.32 Å². The lowest BCUT2D eigenvalue weighted by molar-refractivity contribution is -0.134. The Kier molecular flexibility index (Phi) is 5.91. The zero-order chi connectivity index (χ0) is 14.7. The standard InChI is InChI=1S/C16H22N2O3.ClH/c1-18(16(19)13-6-4-5-9-17-13)10-12-11-20-14-7-2-3-8-15(14)21-12;/h2-3,7-8,12-13,17H,4-6,9-11H2,1H3;1H/t12?,13-;/m0./s1. The van der Waals surface area contributed by atoms with E-state index in [1.807, 2.05) is 31.3 Å². The van der Waals surface area contributed by atoms with Gasteiger partial charge in [0.2, 0.25) is 5.91 Å². The molecule has 3 rings (SSSR count). The van der Waals surface area contributed by atoms with Crippen molar-refractivity contribution >= 4 is 18.3 Å². The molecule has 2 aliphatic rings. The molecule has 1 aromatic carbocycles. The molecule has 5 nitrogen and oxygen atoms in total. The van der Waals surface area contributed by atoms with Gasteiger partial charge in [-0.15, -0.1) is 12.4 Å². The van der Waals surface area contributed by atoms with Crippen LogP contribution in [-0.4, -0.2) is 49.7 Å². The second kappa shape index (κ2) is 7.70. The summed E-state index contributed by atoms with van der Waals surface area (Å²) < 4.78 is 11.6. The molecule has 0 aliphatic carbocycles. The van der Waals surface area contributed by atoms with E-state index in [1.165, 1.54) is 0 Å². The van der Waals surface area contributed by atoms with Gasteiger partial charge in [0.25, 0.3) is 0 Å². The SMILES string of the molecule is CN(CC1COc2ccccc2O1)C(=O)[C@@H]1CCCCN1.Cl. The van der Waals surface area contributed by atoms with E-state index in [4.69, 9.17) is 9.47 Å². The van der Waals surface area contributed by atoms with E-state index in [0.717, 1.165) is 37.3 Å². The van der Waals surface area contributed by atoms with Gasteiger partial charge in [-0.05, 0) is 31.5 Å². The molecule has 0 radical (unpaired) electrons. The van der Waals surface area contributed by atoms with E-state index < -0.39 is 0 Å². The molecule has 0 aromatic heterocycles. The first kappa shape index (κ1) is 16.9. The second-order valence-corrected chi connectivity index (χ2v) is 5.72. The maximum absolute atomic E-state index is 12.4. The Balaban J connectivity index is 0.00000176. The van der Waals surface area contributed by atoms with Crippen LogP contribution in [-0.2, 0) is 4.79 Å². The summed E-state index contributed by atoms with van der Waals surface area (Å²) in [6, 6.07) is 7.59. The summed E-state index contributed by atoms with van der Waals surface area (Å²) in [4.78, 5) is 14.1. The van der Waals surface area contributed by atoms with Crippen LogP contribution in [0.25, 0.3) is 0 Å². The Labute approximate surface area is 137 Å². The van der Waals surface area contributed by atoms with E-state index in [9.17, 15) is 4.79 Å². The summed E-state index contributed by atoms with van der Waals surface area (Å²) in [7, 11) is 1.84. The van der Waals surface area contributed by atoms with Gasteiger partial charge in [-0.3, -0.25) is 4.79 Å². The largest absolute Gasteiger partial charge is 0.486 e. The predicted octanol–water partition coefficient (Wildman–Crippen LogP) is 1.85. The van der Waals surface area contributed by atoms with Crippen molar-refractivity contribution in [1.29, 1.82) is 0 Å². The van der Waals surface area contributed by atoms with Gasteiger partial charge in [-0.25, -0.2) is 0 Å². The van der Waals surface area contributed by atoms with Crippen LogP contribution in [0, 0.1) is 0 Å². The third-order valence-electron chi connectivity index (χ3n) is 4.03. The zero-order valence-electron chi connectivity index (χ0n) is 12.8. The summed E-state index contributed by atoms with van der Waals surface area (Å²) >= 11 is 0. The summed E-state index contributed by atoms with van der Waals surface area (Å²) in [6.07, 6.45) is 3.09. The Morgan fingerprint density at radius 2 is 2.09 bits per heavy atom. The molecule has 122 valence electrons. The number of piperidine rings is 1. The number of hydrogen-bond acceptors (Lipinski definition) is 4. The van der Waals surface area contributed by atoms with Crippen LogP contribution < -0.4 is 14.8 Å². The highest BCUT2D eigenvalue weighted by molar-refractivity contribution is 5.85. The molecule has 2 atom stereocenters. The first-order valence-corrected chi connectivity index (χ1v) is 7.61. The van der Waals surface area contributed by atoms with Gasteiger partial charge in [0.05, 0.1) is 12.6 Å². The molecule has 2 heterocycles. The molecule has 1 fully saturated rings. The Morgan fingerprint density at radius 1 is 1.32 bits per heavy atom. The molecule has 22 heavy (non-hydrogen) atoms. The maximum Gasteiger partial charge on any atom is 0.239 e. The molecule has 1 saturated heterocycles. The summed E-state index contributed by atoms with van der Waals surface area (Å²) in [6.45, 7) is 1.96. The van der Waals surface area contributed by atoms with Crippen LogP contribution in [0.3, 0.4) is 0 Å². The monoisotopic (exact) mass is 326 g/mol. The van der Waals surface area contributed by atoms with Crippen molar-refractivity contribution in [1.82, 2.24) is 10.2 Å². The number of likely N-dealkylation sites (N-methyl/N-ethyl adjacent to an activating group) is 1. The minimum Gasteiger partial charge on any atom is -0.486 e. The smallest absolute Gasteiger partial charge is 0.239 e. The lowest BCUT2D eigenvalue weighted by Crippen LogP contribution is -2.50. The van der Waals surface area contributed by atoms with Gasteiger partial charge in [0.15, 0.2) is 17.6 Å². The fraction of sp³-hybridized carbons (Fsp3) is 0.562. The first-order valence-electron chi connectivity index (χ1n) is 7.61. The molecular weight excluding hydrogens is 304 g/mol.